The van der Waals surface area contributed by atoms with Crippen LogP contribution in [0.25, 0.3) is 0 Å². The average molecular weight is 348 g/mol. The van der Waals surface area contributed by atoms with Crippen LogP contribution in [0.5, 0.6) is 11.5 Å². The van der Waals surface area contributed by atoms with Crippen LogP contribution in [0.2, 0.25) is 0 Å². The van der Waals surface area contributed by atoms with Gasteiger partial charge in [-0.3, -0.25) is 4.79 Å². The Bertz CT molecular complexity index is 895. The molecular formula is C21H20N2O3. The minimum atomic E-state index is -0.249. The molecule has 132 valence electrons. The molecule has 0 aliphatic carbocycles. The molecule has 3 aromatic carbocycles. The zero-order chi connectivity index (χ0) is 18.4. The molecule has 0 aliphatic rings. The molecule has 0 bridgehead atoms. The van der Waals surface area contributed by atoms with Gasteiger partial charge in [-0.15, -0.1) is 0 Å². The van der Waals surface area contributed by atoms with Gasteiger partial charge in [-0.2, -0.15) is 0 Å². The summed E-state index contributed by atoms with van der Waals surface area (Å²) in [5.74, 6) is 0.842. The maximum Gasteiger partial charge on any atom is 0.259 e. The van der Waals surface area contributed by atoms with E-state index in [0.717, 1.165) is 11.4 Å². The van der Waals surface area contributed by atoms with Gasteiger partial charge in [0.05, 0.1) is 19.8 Å². The van der Waals surface area contributed by atoms with Crippen LogP contribution in [0.4, 0.5) is 17.1 Å². The standard InChI is InChI=1S/C21H20N2O3/c1-25-18-11-12-19(20(14-18)26-2)21(24)23-17-10-6-9-16(13-17)22-15-7-4-3-5-8-15/h3-14,22H,1-2H3,(H,23,24). The monoisotopic (exact) mass is 348 g/mol. The van der Waals surface area contributed by atoms with Crippen LogP contribution in [0, 0.1) is 0 Å². The number of methoxy groups -OCH3 is 2. The van der Waals surface area contributed by atoms with Crippen molar-refractivity contribution in [3.05, 3.63) is 78.4 Å². The summed E-state index contributed by atoms with van der Waals surface area (Å²) in [6, 6.07) is 22.5. The van der Waals surface area contributed by atoms with E-state index in [0.29, 0.717) is 22.7 Å². The van der Waals surface area contributed by atoms with Crippen LogP contribution in [0.15, 0.2) is 72.8 Å². The van der Waals surface area contributed by atoms with Crippen LogP contribution < -0.4 is 20.1 Å². The summed E-state index contributed by atoms with van der Waals surface area (Å²) in [6.07, 6.45) is 0. The maximum atomic E-state index is 12.6. The highest BCUT2D eigenvalue weighted by atomic mass is 16.5. The fourth-order valence-electron chi connectivity index (χ4n) is 2.55. The van der Waals surface area contributed by atoms with E-state index in [9.17, 15) is 4.79 Å². The summed E-state index contributed by atoms with van der Waals surface area (Å²) in [7, 11) is 3.09. The Morgan fingerprint density at radius 3 is 2.23 bits per heavy atom. The van der Waals surface area contributed by atoms with Crippen molar-refractivity contribution >= 4 is 23.0 Å². The maximum absolute atomic E-state index is 12.6. The lowest BCUT2D eigenvalue weighted by Crippen LogP contribution is -2.13. The molecule has 3 rings (SSSR count). The summed E-state index contributed by atoms with van der Waals surface area (Å²) in [5.41, 5.74) is 2.99. The van der Waals surface area contributed by atoms with Gasteiger partial charge in [0.2, 0.25) is 0 Å². The van der Waals surface area contributed by atoms with Gasteiger partial charge in [0.15, 0.2) is 0 Å². The van der Waals surface area contributed by atoms with Gasteiger partial charge in [-0.1, -0.05) is 24.3 Å². The van der Waals surface area contributed by atoms with E-state index < -0.39 is 0 Å². The van der Waals surface area contributed by atoms with Crippen LogP contribution in [-0.2, 0) is 0 Å². The molecule has 0 aliphatic heterocycles. The van der Waals surface area contributed by atoms with E-state index in [1.54, 1.807) is 25.3 Å². The third-order valence-electron chi connectivity index (χ3n) is 3.84. The number of benzene rings is 3. The van der Waals surface area contributed by atoms with Gasteiger partial charge in [0.1, 0.15) is 11.5 Å². The molecule has 0 aromatic heterocycles. The predicted octanol–water partition coefficient (Wildman–Crippen LogP) is 4.70. The van der Waals surface area contributed by atoms with E-state index in [-0.39, 0.29) is 5.91 Å². The fourth-order valence-corrected chi connectivity index (χ4v) is 2.55. The number of anilines is 3. The molecule has 26 heavy (non-hydrogen) atoms. The SMILES string of the molecule is COc1ccc(C(=O)Nc2cccc(Nc3ccccc3)c2)c(OC)c1. The molecule has 1 amide bonds. The Balaban J connectivity index is 1.77. The van der Waals surface area contributed by atoms with Crippen LogP contribution in [-0.4, -0.2) is 20.1 Å². The van der Waals surface area contributed by atoms with Crippen molar-refractivity contribution in [1.29, 1.82) is 0 Å². The highest BCUT2D eigenvalue weighted by molar-refractivity contribution is 6.06. The number of amides is 1. The minimum absolute atomic E-state index is 0.249. The molecule has 0 fully saturated rings. The Hall–Kier alpha value is -3.47. The van der Waals surface area contributed by atoms with Crippen molar-refractivity contribution in [3.63, 3.8) is 0 Å². The quantitative estimate of drug-likeness (QED) is 0.678. The number of nitrogens with one attached hydrogen (secondary N) is 2. The third-order valence-corrected chi connectivity index (χ3v) is 3.84. The highest BCUT2D eigenvalue weighted by Crippen LogP contribution is 2.26. The number of hydrogen-bond donors (Lipinski definition) is 2. The zero-order valence-electron chi connectivity index (χ0n) is 14.7. The lowest BCUT2D eigenvalue weighted by molar-refractivity contribution is 0.102. The van der Waals surface area contributed by atoms with E-state index >= 15 is 0 Å². The Morgan fingerprint density at radius 2 is 1.50 bits per heavy atom. The first kappa shape index (κ1) is 17.4. The predicted molar refractivity (Wildman–Crippen MR) is 104 cm³/mol. The lowest BCUT2D eigenvalue weighted by atomic mass is 10.1. The molecule has 2 N–H and O–H groups in total. The molecule has 0 atom stereocenters. The second-order valence-corrected chi connectivity index (χ2v) is 5.59. The van der Waals surface area contributed by atoms with Crippen molar-refractivity contribution in [3.8, 4) is 11.5 Å². The van der Waals surface area contributed by atoms with Crippen molar-refractivity contribution in [1.82, 2.24) is 0 Å². The van der Waals surface area contributed by atoms with E-state index in [1.165, 1.54) is 7.11 Å². The number of para-hydroxylation sites is 1. The van der Waals surface area contributed by atoms with Crippen molar-refractivity contribution in [2.75, 3.05) is 24.9 Å². The van der Waals surface area contributed by atoms with Crippen LogP contribution in [0.1, 0.15) is 10.4 Å². The molecule has 0 saturated carbocycles. The van der Waals surface area contributed by atoms with Gasteiger partial charge in [0.25, 0.3) is 5.91 Å². The average Bonchev–Trinajstić information content (AvgIpc) is 2.68. The highest BCUT2D eigenvalue weighted by Gasteiger charge is 2.13. The minimum Gasteiger partial charge on any atom is -0.497 e. The summed E-state index contributed by atoms with van der Waals surface area (Å²) in [6.45, 7) is 0. The second kappa shape index (κ2) is 8.07. The smallest absolute Gasteiger partial charge is 0.259 e. The van der Waals surface area contributed by atoms with Crippen molar-refractivity contribution in [2.24, 2.45) is 0 Å². The van der Waals surface area contributed by atoms with Gasteiger partial charge in [-0.25, -0.2) is 0 Å². The molecule has 3 aromatic rings. The first-order chi connectivity index (χ1) is 12.7. The summed E-state index contributed by atoms with van der Waals surface area (Å²) in [4.78, 5) is 12.6. The number of carbonyl (C=O) groups is 1. The lowest BCUT2D eigenvalue weighted by Gasteiger charge is -2.12. The fraction of sp³-hybridized carbons (Fsp3) is 0.0952. The van der Waals surface area contributed by atoms with E-state index in [1.807, 2.05) is 54.6 Å². The molecule has 5 nitrogen and oxygen atoms in total. The van der Waals surface area contributed by atoms with Crippen molar-refractivity contribution < 1.29 is 14.3 Å². The van der Waals surface area contributed by atoms with Gasteiger partial charge >= 0.3 is 0 Å². The van der Waals surface area contributed by atoms with E-state index in [4.69, 9.17) is 9.47 Å². The molecule has 0 saturated heterocycles. The topological polar surface area (TPSA) is 59.6 Å². The summed E-state index contributed by atoms with van der Waals surface area (Å²) in [5, 5.41) is 6.20. The molecule has 0 radical (unpaired) electrons. The normalized spacial score (nSPS) is 10.1. The number of carbonyl (C=O) groups excluding carboxylic acids is 1. The number of rotatable bonds is 6. The zero-order valence-corrected chi connectivity index (χ0v) is 14.7. The molecule has 0 unspecified atom stereocenters. The molecule has 0 heterocycles. The molecule has 0 spiro atoms. The summed E-state index contributed by atoms with van der Waals surface area (Å²) < 4.78 is 10.5. The second-order valence-electron chi connectivity index (χ2n) is 5.59. The Kier molecular flexibility index (Phi) is 5.39. The van der Waals surface area contributed by atoms with Gasteiger partial charge in [0, 0.05) is 23.1 Å². The van der Waals surface area contributed by atoms with Crippen molar-refractivity contribution in [2.45, 2.75) is 0 Å². The van der Waals surface area contributed by atoms with Crippen LogP contribution in [0.3, 0.4) is 0 Å². The van der Waals surface area contributed by atoms with Gasteiger partial charge in [-0.05, 0) is 42.5 Å². The first-order valence-corrected chi connectivity index (χ1v) is 8.15. The molecule has 5 heteroatoms. The third kappa shape index (κ3) is 4.13. The Morgan fingerprint density at radius 1 is 0.769 bits per heavy atom. The first-order valence-electron chi connectivity index (χ1n) is 8.15. The number of hydrogen-bond acceptors (Lipinski definition) is 4. The summed E-state index contributed by atoms with van der Waals surface area (Å²) >= 11 is 0. The number of ether oxygens (including phenoxy) is 2. The molecular weight excluding hydrogens is 328 g/mol. The van der Waals surface area contributed by atoms with Gasteiger partial charge < -0.3 is 20.1 Å². The van der Waals surface area contributed by atoms with E-state index in [2.05, 4.69) is 10.6 Å². The van der Waals surface area contributed by atoms with Crippen LogP contribution >= 0.6 is 0 Å². The Labute approximate surface area is 152 Å². The largest absolute Gasteiger partial charge is 0.497 e.